The van der Waals surface area contributed by atoms with Gasteiger partial charge in [0.05, 0.1) is 24.1 Å². The fourth-order valence-corrected chi connectivity index (χ4v) is 2.93. The van der Waals surface area contributed by atoms with Crippen molar-refractivity contribution in [2.45, 2.75) is 39.9 Å². The Bertz CT molecular complexity index is 960. The van der Waals surface area contributed by atoms with Crippen molar-refractivity contribution in [1.82, 2.24) is 20.4 Å². The van der Waals surface area contributed by atoms with E-state index in [-0.39, 0.29) is 11.8 Å². The first kappa shape index (κ1) is 19.4. The molecule has 0 saturated heterocycles. The molecule has 3 aromatic rings. The lowest BCUT2D eigenvalue weighted by molar-refractivity contribution is -0.122. The van der Waals surface area contributed by atoms with E-state index in [1.54, 1.807) is 13.0 Å². The van der Waals surface area contributed by atoms with Crippen LogP contribution in [0, 0.1) is 13.8 Å². The molecule has 2 N–H and O–H groups in total. The Labute approximate surface area is 163 Å². The van der Waals surface area contributed by atoms with Gasteiger partial charge in [-0.25, -0.2) is 0 Å². The molecule has 1 atom stereocenters. The zero-order valence-electron chi connectivity index (χ0n) is 16.2. The van der Waals surface area contributed by atoms with Crippen molar-refractivity contribution in [1.29, 1.82) is 0 Å². The number of aryl methyl sites for hydroxylation is 2. The van der Waals surface area contributed by atoms with Gasteiger partial charge in [-0.2, -0.15) is 5.10 Å². The van der Waals surface area contributed by atoms with Gasteiger partial charge in [-0.1, -0.05) is 24.3 Å². The van der Waals surface area contributed by atoms with Crippen LogP contribution in [0.15, 0.2) is 53.3 Å². The Hall–Kier alpha value is -3.35. The first-order valence-corrected chi connectivity index (χ1v) is 9.12. The normalized spacial score (nSPS) is 11.8. The van der Waals surface area contributed by atoms with E-state index in [9.17, 15) is 9.59 Å². The lowest BCUT2D eigenvalue weighted by atomic mass is 10.1. The fraction of sp³-hybridized carbons (Fsp3) is 0.286. The Balaban J connectivity index is 1.54. The Morgan fingerprint density at radius 2 is 1.96 bits per heavy atom. The lowest BCUT2D eigenvalue weighted by Gasteiger charge is -2.14. The number of nitrogens with one attached hydrogen (secondary N) is 2. The summed E-state index contributed by atoms with van der Waals surface area (Å²) in [4.78, 5) is 24.3. The van der Waals surface area contributed by atoms with Crippen molar-refractivity contribution < 1.29 is 14.0 Å². The van der Waals surface area contributed by atoms with E-state index in [1.807, 2.05) is 48.9 Å². The molecule has 0 fully saturated rings. The molecule has 28 heavy (non-hydrogen) atoms. The van der Waals surface area contributed by atoms with Crippen molar-refractivity contribution >= 4 is 11.8 Å². The van der Waals surface area contributed by atoms with Crippen LogP contribution in [-0.2, 0) is 17.9 Å². The van der Waals surface area contributed by atoms with Crippen molar-refractivity contribution in [3.05, 3.63) is 77.0 Å². The van der Waals surface area contributed by atoms with Crippen LogP contribution in [-0.4, -0.2) is 27.6 Å². The maximum Gasteiger partial charge on any atom is 0.255 e. The number of rotatable bonds is 7. The average molecular weight is 380 g/mol. The highest BCUT2D eigenvalue weighted by Gasteiger charge is 2.17. The molecule has 0 saturated carbocycles. The summed E-state index contributed by atoms with van der Waals surface area (Å²) < 4.78 is 6.84. The topological polar surface area (TPSA) is 89.2 Å². The molecule has 1 aromatic carbocycles. The molecule has 2 aromatic heterocycles. The van der Waals surface area contributed by atoms with Crippen LogP contribution >= 0.6 is 0 Å². The van der Waals surface area contributed by atoms with Crippen molar-refractivity contribution in [2.75, 3.05) is 0 Å². The summed E-state index contributed by atoms with van der Waals surface area (Å²) in [5.41, 5.74) is 4.59. The van der Waals surface area contributed by atoms with Crippen LogP contribution < -0.4 is 10.6 Å². The molecule has 7 heteroatoms. The number of carbonyl (C=O) groups is 2. The standard InChI is InChI=1S/C21H24N4O3/c1-14-9-15(2)25(24-14)12-18-6-4-5-17(10-18)11-22-20(26)16(3)23-21(27)19-7-8-28-13-19/h4-10,13,16H,11-12H2,1-3H3,(H,22,26)(H,23,27). The molecule has 2 amide bonds. The maximum absolute atomic E-state index is 12.3. The molecule has 2 heterocycles. The SMILES string of the molecule is Cc1cc(C)n(Cc2cccc(CNC(=O)C(C)NC(=O)c3ccoc3)c2)n1. The van der Waals surface area contributed by atoms with E-state index in [4.69, 9.17) is 4.42 Å². The van der Waals surface area contributed by atoms with Gasteiger partial charge < -0.3 is 15.1 Å². The number of aromatic nitrogens is 2. The molecular weight excluding hydrogens is 356 g/mol. The van der Waals surface area contributed by atoms with Crippen molar-refractivity contribution in [3.8, 4) is 0 Å². The van der Waals surface area contributed by atoms with Crippen LogP contribution in [0.5, 0.6) is 0 Å². The van der Waals surface area contributed by atoms with Crippen LogP contribution in [0.4, 0.5) is 0 Å². The van der Waals surface area contributed by atoms with E-state index in [0.717, 1.165) is 22.5 Å². The second kappa shape index (κ2) is 8.56. The molecule has 0 radical (unpaired) electrons. The Morgan fingerprint density at radius 1 is 1.18 bits per heavy atom. The second-order valence-corrected chi connectivity index (χ2v) is 6.83. The van der Waals surface area contributed by atoms with Crippen LogP contribution in [0.3, 0.4) is 0 Å². The maximum atomic E-state index is 12.3. The van der Waals surface area contributed by atoms with E-state index in [2.05, 4.69) is 15.7 Å². The van der Waals surface area contributed by atoms with Gasteiger partial charge in [-0.05, 0) is 44.0 Å². The highest BCUT2D eigenvalue weighted by Crippen LogP contribution is 2.10. The second-order valence-electron chi connectivity index (χ2n) is 6.83. The minimum Gasteiger partial charge on any atom is -0.472 e. The zero-order chi connectivity index (χ0) is 20.1. The number of furan rings is 1. The van der Waals surface area contributed by atoms with E-state index in [0.29, 0.717) is 18.7 Å². The zero-order valence-corrected chi connectivity index (χ0v) is 16.2. The van der Waals surface area contributed by atoms with E-state index >= 15 is 0 Å². The quantitative estimate of drug-likeness (QED) is 0.659. The average Bonchev–Trinajstić information content (AvgIpc) is 3.30. The highest BCUT2D eigenvalue weighted by molar-refractivity contribution is 5.97. The van der Waals surface area contributed by atoms with Gasteiger partial charge >= 0.3 is 0 Å². The van der Waals surface area contributed by atoms with E-state index in [1.165, 1.54) is 12.5 Å². The largest absolute Gasteiger partial charge is 0.472 e. The predicted molar refractivity (Wildman–Crippen MR) is 105 cm³/mol. The number of amides is 2. The van der Waals surface area contributed by atoms with Gasteiger partial charge in [-0.3, -0.25) is 14.3 Å². The third-order valence-electron chi connectivity index (χ3n) is 4.42. The van der Waals surface area contributed by atoms with Crippen molar-refractivity contribution in [3.63, 3.8) is 0 Å². The summed E-state index contributed by atoms with van der Waals surface area (Å²) in [5.74, 6) is -0.593. The van der Waals surface area contributed by atoms with Gasteiger partial charge in [0, 0.05) is 12.2 Å². The molecule has 0 aliphatic heterocycles. The van der Waals surface area contributed by atoms with Gasteiger partial charge in [0.15, 0.2) is 0 Å². The van der Waals surface area contributed by atoms with Gasteiger partial charge in [-0.15, -0.1) is 0 Å². The molecule has 0 aliphatic carbocycles. The summed E-state index contributed by atoms with van der Waals surface area (Å²) in [5, 5.41) is 9.99. The Kier molecular flexibility index (Phi) is 5.93. The minimum atomic E-state index is -0.653. The molecular formula is C21H24N4O3. The minimum absolute atomic E-state index is 0.249. The number of benzene rings is 1. The predicted octanol–water partition coefficient (Wildman–Crippen LogP) is 2.58. The van der Waals surface area contributed by atoms with Gasteiger partial charge in [0.1, 0.15) is 12.3 Å². The summed E-state index contributed by atoms with van der Waals surface area (Å²) in [6.07, 6.45) is 2.76. The Morgan fingerprint density at radius 3 is 2.64 bits per heavy atom. The molecule has 1 unspecified atom stereocenters. The summed E-state index contributed by atoms with van der Waals surface area (Å²) >= 11 is 0. The monoisotopic (exact) mass is 380 g/mol. The molecule has 0 aliphatic rings. The van der Waals surface area contributed by atoms with Crippen LogP contribution in [0.25, 0.3) is 0 Å². The third kappa shape index (κ3) is 4.88. The first-order valence-electron chi connectivity index (χ1n) is 9.12. The van der Waals surface area contributed by atoms with E-state index < -0.39 is 6.04 Å². The third-order valence-corrected chi connectivity index (χ3v) is 4.42. The first-order chi connectivity index (χ1) is 13.4. The van der Waals surface area contributed by atoms with Crippen LogP contribution in [0.2, 0.25) is 0 Å². The summed E-state index contributed by atoms with van der Waals surface area (Å²) in [6, 6.07) is 10.9. The van der Waals surface area contributed by atoms with Crippen molar-refractivity contribution in [2.24, 2.45) is 0 Å². The molecule has 0 bridgehead atoms. The number of carbonyl (C=O) groups excluding carboxylic acids is 2. The summed E-state index contributed by atoms with van der Waals surface area (Å²) in [6.45, 7) is 6.71. The van der Waals surface area contributed by atoms with Gasteiger partial charge in [0.25, 0.3) is 5.91 Å². The number of nitrogens with zero attached hydrogens (tertiary/aromatic N) is 2. The smallest absolute Gasteiger partial charge is 0.255 e. The molecule has 7 nitrogen and oxygen atoms in total. The fourth-order valence-electron chi connectivity index (χ4n) is 2.93. The molecule has 146 valence electrons. The number of hydrogen-bond acceptors (Lipinski definition) is 4. The molecule has 0 spiro atoms. The highest BCUT2D eigenvalue weighted by atomic mass is 16.3. The van der Waals surface area contributed by atoms with Crippen LogP contribution in [0.1, 0.15) is 39.8 Å². The lowest BCUT2D eigenvalue weighted by Crippen LogP contribution is -2.44. The number of hydrogen-bond donors (Lipinski definition) is 2. The van der Waals surface area contributed by atoms with Gasteiger partial charge in [0.2, 0.25) is 5.91 Å². The molecule has 3 rings (SSSR count). The summed E-state index contributed by atoms with van der Waals surface area (Å²) in [7, 11) is 0.